The molecule has 2 nitrogen and oxygen atoms in total. The summed E-state index contributed by atoms with van der Waals surface area (Å²) < 4.78 is 0. The first-order valence-corrected chi connectivity index (χ1v) is 10.1. The molecule has 4 rings (SSSR count). The van der Waals surface area contributed by atoms with E-state index in [0.29, 0.717) is 11.3 Å². The molecule has 0 aromatic carbocycles. The van der Waals surface area contributed by atoms with Gasteiger partial charge < -0.3 is 4.79 Å². The molecule has 1 unspecified atom stereocenters. The van der Waals surface area contributed by atoms with Crippen LogP contribution in [0.2, 0.25) is 0 Å². The summed E-state index contributed by atoms with van der Waals surface area (Å²) in [7, 11) is 0. The lowest BCUT2D eigenvalue weighted by Crippen LogP contribution is -2.51. The summed E-state index contributed by atoms with van der Waals surface area (Å²) in [6.07, 6.45) is 12.7. The fraction of sp³-hybridized carbons (Fsp3) is 0.818. The van der Waals surface area contributed by atoms with E-state index in [9.17, 15) is 9.59 Å². The highest BCUT2D eigenvalue weighted by Crippen LogP contribution is 2.67. The zero-order valence-electron chi connectivity index (χ0n) is 15.5. The van der Waals surface area contributed by atoms with Gasteiger partial charge in [-0.25, -0.2) is 0 Å². The number of ketones is 1. The van der Waals surface area contributed by atoms with Gasteiger partial charge in [-0.2, -0.15) is 0 Å². The fourth-order valence-corrected chi connectivity index (χ4v) is 7.58. The fourth-order valence-electron chi connectivity index (χ4n) is 7.58. The predicted molar refractivity (Wildman–Crippen MR) is 95.4 cm³/mol. The highest BCUT2D eigenvalue weighted by Gasteiger charge is 2.59. The summed E-state index contributed by atoms with van der Waals surface area (Å²) >= 11 is 0. The maximum Gasteiger partial charge on any atom is 0.165 e. The lowest BCUT2D eigenvalue weighted by atomic mass is 9.46. The predicted octanol–water partition coefficient (Wildman–Crippen LogP) is 4.97. The van der Waals surface area contributed by atoms with E-state index in [1.165, 1.54) is 44.1 Å². The molecule has 0 heterocycles. The van der Waals surface area contributed by atoms with Crippen LogP contribution in [-0.4, -0.2) is 12.1 Å². The second kappa shape index (κ2) is 5.54. The quantitative estimate of drug-likeness (QED) is 0.530. The van der Waals surface area contributed by atoms with Gasteiger partial charge in [0.2, 0.25) is 0 Å². The first kappa shape index (κ1) is 16.5. The molecule has 3 fully saturated rings. The van der Waals surface area contributed by atoms with Gasteiger partial charge in [-0.3, -0.25) is 4.79 Å². The molecule has 7 atom stereocenters. The van der Waals surface area contributed by atoms with Crippen molar-refractivity contribution in [3.05, 3.63) is 11.6 Å². The van der Waals surface area contributed by atoms with E-state index >= 15 is 0 Å². The van der Waals surface area contributed by atoms with Crippen LogP contribution in [0, 0.1) is 40.4 Å². The van der Waals surface area contributed by atoms with Crippen molar-refractivity contribution < 1.29 is 9.59 Å². The van der Waals surface area contributed by atoms with Crippen molar-refractivity contribution >= 4 is 12.1 Å². The number of hydrogen-bond acceptors (Lipinski definition) is 2. The highest BCUT2D eigenvalue weighted by atomic mass is 16.1. The van der Waals surface area contributed by atoms with Crippen LogP contribution < -0.4 is 0 Å². The van der Waals surface area contributed by atoms with Crippen molar-refractivity contribution in [3.8, 4) is 0 Å². The van der Waals surface area contributed by atoms with Gasteiger partial charge >= 0.3 is 0 Å². The molecule has 0 bridgehead atoms. The van der Waals surface area contributed by atoms with E-state index < -0.39 is 5.92 Å². The summed E-state index contributed by atoms with van der Waals surface area (Å²) in [5.41, 5.74) is 2.00. The van der Waals surface area contributed by atoms with Crippen molar-refractivity contribution in [1.29, 1.82) is 0 Å². The first-order valence-electron chi connectivity index (χ1n) is 10.1. The molecule has 0 saturated heterocycles. The lowest BCUT2D eigenvalue weighted by molar-refractivity contribution is -0.128. The zero-order valence-corrected chi connectivity index (χ0v) is 15.5. The molecule has 132 valence electrons. The zero-order chi connectivity index (χ0) is 17.1. The second-order valence-electron chi connectivity index (χ2n) is 9.58. The minimum absolute atomic E-state index is 0.0588. The number of aldehydes is 1. The molecular formula is C22H32O2. The monoisotopic (exact) mass is 328 g/mol. The molecule has 2 heteroatoms. The summed E-state index contributed by atoms with van der Waals surface area (Å²) in [6.45, 7) is 7.31. The van der Waals surface area contributed by atoms with Gasteiger partial charge in [-0.05, 0) is 85.5 Å². The second-order valence-corrected chi connectivity index (χ2v) is 9.58. The van der Waals surface area contributed by atoms with Gasteiger partial charge in [0.05, 0.1) is 5.92 Å². The Hall–Kier alpha value is -0.920. The molecule has 4 aliphatic rings. The molecule has 3 saturated carbocycles. The Labute approximate surface area is 146 Å². The minimum atomic E-state index is -0.391. The van der Waals surface area contributed by atoms with E-state index in [4.69, 9.17) is 0 Å². The van der Waals surface area contributed by atoms with Crippen molar-refractivity contribution in [1.82, 2.24) is 0 Å². The molecule has 0 aromatic rings. The standard InChI is InChI=1S/C22H32O2/c1-4-15-6-8-18-17-7-5-16-11-20(24)14(13-23)12-22(16,3)19(17)9-10-21(15,18)2/h11,13-15,17-19H,4-10,12H2,1-3H3/t14?,15-,17-,18-,19-,21+,22-/m0/s1. The van der Waals surface area contributed by atoms with Crippen LogP contribution in [0.25, 0.3) is 0 Å². The Kier molecular flexibility index (Phi) is 3.82. The number of carbonyl (C=O) groups is 2. The molecule has 24 heavy (non-hydrogen) atoms. The highest BCUT2D eigenvalue weighted by molar-refractivity contribution is 6.02. The van der Waals surface area contributed by atoms with Crippen molar-refractivity contribution in [3.63, 3.8) is 0 Å². The third-order valence-corrected chi connectivity index (χ3v) is 8.92. The first-order chi connectivity index (χ1) is 11.4. The molecule has 0 radical (unpaired) electrons. The maximum absolute atomic E-state index is 12.2. The van der Waals surface area contributed by atoms with Crippen LogP contribution in [0.3, 0.4) is 0 Å². The normalized spacial score (nSPS) is 50.5. The number of rotatable bonds is 2. The van der Waals surface area contributed by atoms with Crippen molar-refractivity contribution in [2.45, 2.75) is 72.1 Å². The van der Waals surface area contributed by atoms with Crippen LogP contribution in [0.1, 0.15) is 72.1 Å². The van der Waals surface area contributed by atoms with Gasteiger partial charge in [0.15, 0.2) is 5.78 Å². The van der Waals surface area contributed by atoms with Gasteiger partial charge in [0.1, 0.15) is 6.29 Å². The Morgan fingerprint density at radius 1 is 1.17 bits per heavy atom. The Balaban J connectivity index is 1.68. The number of carbonyl (C=O) groups excluding carboxylic acids is 2. The molecule has 0 amide bonds. The number of fused-ring (bicyclic) bond motifs is 5. The van der Waals surface area contributed by atoms with Crippen LogP contribution in [0.15, 0.2) is 11.6 Å². The molecule has 0 aromatic heterocycles. The van der Waals surface area contributed by atoms with Crippen molar-refractivity contribution in [2.75, 3.05) is 0 Å². The maximum atomic E-state index is 12.2. The van der Waals surface area contributed by atoms with Gasteiger partial charge in [0.25, 0.3) is 0 Å². The third-order valence-electron chi connectivity index (χ3n) is 8.92. The average molecular weight is 328 g/mol. The largest absolute Gasteiger partial charge is 0.303 e. The molecular weight excluding hydrogens is 296 g/mol. The van der Waals surface area contributed by atoms with E-state index in [-0.39, 0.29) is 11.2 Å². The van der Waals surface area contributed by atoms with Gasteiger partial charge in [-0.15, -0.1) is 0 Å². The van der Waals surface area contributed by atoms with E-state index in [0.717, 1.165) is 36.9 Å². The van der Waals surface area contributed by atoms with Crippen LogP contribution in [-0.2, 0) is 9.59 Å². The van der Waals surface area contributed by atoms with Gasteiger partial charge in [0, 0.05) is 0 Å². The van der Waals surface area contributed by atoms with Crippen LogP contribution in [0.5, 0.6) is 0 Å². The Bertz CT molecular complexity index is 591. The van der Waals surface area contributed by atoms with E-state index in [1.54, 1.807) is 0 Å². The van der Waals surface area contributed by atoms with E-state index in [2.05, 4.69) is 20.8 Å². The van der Waals surface area contributed by atoms with Crippen LogP contribution >= 0.6 is 0 Å². The van der Waals surface area contributed by atoms with Gasteiger partial charge in [-0.1, -0.05) is 32.8 Å². The van der Waals surface area contributed by atoms with E-state index in [1.807, 2.05) is 6.08 Å². The van der Waals surface area contributed by atoms with Crippen molar-refractivity contribution in [2.24, 2.45) is 40.4 Å². The average Bonchev–Trinajstić information content (AvgIpc) is 2.91. The van der Waals surface area contributed by atoms with Crippen LogP contribution in [0.4, 0.5) is 0 Å². The minimum Gasteiger partial charge on any atom is -0.303 e. The molecule has 0 spiro atoms. The summed E-state index contributed by atoms with van der Waals surface area (Å²) in [4.78, 5) is 23.6. The smallest absolute Gasteiger partial charge is 0.165 e. The lowest BCUT2D eigenvalue weighted by Gasteiger charge is -2.58. The topological polar surface area (TPSA) is 34.1 Å². The molecule has 0 aliphatic heterocycles. The Morgan fingerprint density at radius 3 is 2.67 bits per heavy atom. The third kappa shape index (κ3) is 2.07. The molecule has 4 aliphatic carbocycles. The summed E-state index contributed by atoms with van der Waals surface area (Å²) in [5, 5.41) is 0. The summed E-state index contributed by atoms with van der Waals surface area (Å²) in [6, 6.07) is 0. The SMILES string of the molecule is CC[C@H]1CC[C@H]2[C@@H]3CCC4=CC(=O)C(C=O)C[C@]4(C)[C@H]3CC[C@]12C. The Morgan fingerprint density at radius 2 is 1.96 bits per heavy atom. The molecule has 0 N–H and O–H groups in total. The number of hydrogen-bond donors (Lipinski definition) is 0. The number of allylic oxidation sites excluding steroid dienone is 1. The summed E-state index contributed by atoms with van der Waals surface area (Å²) in [5.74, 6) is 2.93.